The van der Waals surface area contributed by atoms with Gasteiger partial charge in [0.2, 0.25) is 11.0 Å². The lowest BCUT2D eigenvalue weighted by molar-refractivity contribution is -0.145. The van der Waals surface area contributed by atoms with Crippen molar-refractivity contribution < 1.29 is 13.2 Å². The minimum Gasteiger partial charge on any atom is -0.384 e. The van der Waals surface area contributed by atoms with Crippen molar-refractivity contribution in [3.63, 3.8) is 0 Å². The summed E-state index contributed by atoms with van der Waals surface area (Å²) in [7, 11) is 0. The molecule has 0 amide bonds. The van der Waals surface area contributed by atoms with Crippen molar-refractivity contribution in [3.05, 3.63) is 36.3 Å². The van der Waals surface area contributed by atoms with Gasteiger partial charge in [-0.15, -0.1) is 10.2 Å². The molecule has 3 aromatic heterocycles. The third-order valence-corrected chi connectivity index (χ3v) is 3.33. The highest BCUT2D eigenvalue weighted by Crippen LogP contribution is 2.31. The second kappa shape index (κ2) is 4.88. The number of fused-ring (bicyclic) bond motifs is 1. The molecule has 3 aromatic rings. The number of nitrogens with zero attached hydrogens (tertiary/aromatic N) is 5. The number of anilines is 1. The number of alkyl halides is 3. The number of halogens is 3. The molecule has 0 aromatic carbocycles. The lowest BCUT2D eigenvalue weighted by Crippen LogP contribution is -2.12. The Kier molecular flexibility index (Phi) is 3.16. The standard InChI is InChI=1S/C11H7F3N6S/c12-11(13,14)9-16-6(15)5-8(17-9)21-10-19-18-7-3-1-2-4-20(7)10/h1-5H,(H2,15,16,17). The normalized spacial score (nSPS) is 12.0. The molecule has 108 valence electrons. The number of nitrogens with two attached hydrogens (primary N) is 1. The Morgan fingerprint density at radius 1 is 1.14 bits per heavy atom. The molecule has 0 radical (unpaired) electrons. The zero-order valence-electron chi connectivity index (χ0n) is 10.2. The van der Waals surface area contributed by atoms with Gasteiger partial charge < -0.3 is 5.73 Å². The summed E-state index contributed by atoms with van der Waals surface area (Å²) in [5.74, 6) is -1.53. The molecule has 10 heteroatoms. The van der Waals surface area contributed by atoms with Crippen LogP contribution in [0.1, 0.15) is 5.82 Å². The lowest BCUT2D eigenvalue weighted by Gasteiger charge is -2.07. The second-order valence-electron chi connectivity index (χ2n) is 3.97. The van der Waals surface area contributed by atoms with Gasteiger partial charge in [-0.05, 0) is 23.9 Å². The van der Waals surface area contributed by atoms with Crippen LogP contribution in [0.3, 0.4) is 0 Å². The number of nitrogen functional groups attached to an aromatic ring is 1. The molecule has 2 N–H and O–H groups in total. The van der Waals surface area contributed by atoms with E-state index in [0.717, 1.165) is 11.8 Å². The summed E-state index contributed by atoms with van der Waals surface area (Å²) < 4.78 is 39.6. The first-order chi connectivity index (χ1) is 9.93. The minimum atomic E-state index is -4.66. The average Bonchev–Trinajstić information content (AvgIpc) is 2.81. The van der Waals surface area contributed by atoms with E-state index in [1.807, 2.05) is 0 Å². The van der Waals surface area contributed by atoms with Crippen LogP contribution in [-0.2, 0) is 6.18 Å². The number of hydrogen-bond acceptors (Lipinski definition) is 6. The fraction of sp³-hybridized carbons (Fsp3) is 0.0909. The van der Waals surface area contributed by atoms with E-state index < -0.39 is 12.0 Å². The van der Waals surface area contributed by atoms with Crippen LogP contribution in [0.15, 0.2) is 40.6 Å². The molecule has 3 heterocycles. The number of pyridine rings is 1. The van der Waals surface area contributed by atoms with Crippen LogP contribution in [0.2, 0.25) is 0 Å². The smallest absolute Gasteiger partial charge is 0.384 e. The first-order valence-corrected chi connectivity index (χ1v) is 6.44. The van der Waals surface area contributed by atoms with Crippen LogP contribution in [0.5, 0.6) is 0 Å². The van der Waals surface area contributed by atoms with Crippen LogP contribution < -0.4 is 5.73 Å². The monoisotopic (exact) mass is 312 g/mol. The Balaban J connectivity index is 2.00. The largest absolute Gasteiger partial charge is 0.451 e. The molecule has 0 saturated heterocycles. The van der Waals surface area contributed by atoms with Gasteiger partial charge in [-0.25, -0.2) is 9.97 Å². The van der Waals surface area contributed by atoms with Crippen molar-refractivity contribution in [1.29, 1.82) is 0 Å². The summed E-state index contributed by atoms with van der Waals surface area (Å²) >= 11 is 0.926. The van der Waals surface area contributed by atoms with E-state index in [9.17, 15) is 13.2 Å². The van der Waals surface area contributed by atoms with Crippen molar-refractivity contribution in [2.45, 2.75) is 16.4 Å². The van der Waals surface area contributed by atoms with Crippen molar-refractivity contribution in [2.75, 3.05) is 5.73 Å². The van der Waals surface area contributed by atoms with E-state index >= 15 is 0 Å². The molecule has 0 bridgehead atoms. The highest BCUT2D eigenvalue weighted by molar-refractivity contribution is 7.99. The topological polar surface area (TPSA) is 82.0 Å². The van der Waals surface area contributed by atoms with E-state index in [-0.39, 0.29) is 10.8 Å². The minimum absolute atomic E-state index is 0.0491. The SMILES string of the molecule is Nc1cc(Sc2nnc3ccccn23)nc(C(F)(F)F)n1. The van der Waals surface area contributed by atoms with Crippen LogP contribution in [-0.4, -0.2) is 24.6 Å². The van der Waals surface area contributed by atoms with Gasteiger partial charge in [0.25, 0.3) is 0 Å². The molecule has 0 aliphatic carbocycles. The van der Waals surface area contributed by atoms with Crippen LogP contribution in [0, 0.1) is 0 Å². The van der Waals surface area contributed by atoms with E-state index in [2.05, 4.69) is 20.2 Å². The Hall–Kier alpha value is -2.36. The molecule has 0 saturated carbocycles. The third-order valence-electron chi connectivity index (χ3n) is 2.45. The van der Waals surface area contributed by atoms with Crippen LogP contribution in [0.25, 0.3) is 5.65 Å². The predicted octanol–water partition coefficient (Wildman–Crippen LogP) is 2.27. The molecule has 3 rings (SSSR count). The average molecular weight is 312 g/mol. The van der Waals surface area contributed by atoms with Gasteiger partial charge in [-0.2, -0.15) is 13.2 Å². The number of aromatic nitrogens is 5. The predicted molar refractivity (Wildman–Crippen MR) is 68.6 cm³/mol. The lowest BCUT2D eigenvalue weighted by atomic mass is 10.5. The number of rotatable bonds is 2. The van der Waals surface area contributed by atoms with Crippen molar-refractivity contribution in [1.82, 2.24) is 24.6 Å². The fourth-order valence-corrected chi connectivity index (χ4v) is 2.44. The molecule has 0 spiro atoms. The summed E-state index contributed by atoms with van der Waals surface area (Å²) in [6.07, 6.45) is -2.95. The fourth-order valence-electron chi connectivity index (χ4n) is 1.60. The highest BCUT2D eigenvalue weighted by atomic mass is 32.2. The Morgan fingerprint density at radius 3 is 2.71 bits per heavy atom. The summed E-state index contributed by atoms with van der Waals surface area (Å²) in [4.78, 5) is 6.63. The summed E-state index contributed by atoms with van der Waals surface area (Å²) in [5.41, 5.74) is 5.97. The molecule has 21 heavy (non-hydrogen) atoms. The maximum atomic E-state index is 12.7. The molecule has 0 unspecified atom stereocenters. The summed E-state index contributed by atoms with van der Waals surface area (Å²) in [6.45, 7) is 0. The Labute approximate surface area is 120 Å². The summed E-state index contributed by atoms with van der Waals surface area (Å²) in [6, 6.07) is 6.52. The zero-order valence-corrected chi connectivity index (χ0v) is 11.1. The number of hydrogen-bond donors (Lipinski definition) is 1. The summed E-state index contributed by atoms with van der Waals surface area (Å²) in [5, 5.41) is 8.24. The molecule has 0 fully saturated rings. The van der Waals surface area contributed by atoms with E-state index in [0.29, 0.717) is 10.8 Å². The van der Waals surface area contributed by atoms with Gasteiger partial charge in [-0.3, -0.25) is 4.40 Å². The molecule has 0 aliphatic heterocycles. The van der Waals surface area contributed by atoms with Gasteiger partial charge in [0, 0.05) is 12.3 Å². The van der Waals surface area contributed by atoms with E-state index in [4.69, 9.17) is 5.73 Å². The Bertz CT molecular complexity index is 800. The Morgan fingerprint density at radius 2 is 1.95 bits per heavy atom. The van der Waals surface area contributed by atoms with E-state index in [1.54, 1.807) is 28.8 Å². The van der Waals surface area contributed by atoms with Crippen molar-refractivity contribution in [3.8, 4) is 0 Å². The molecular formula is C11H7F3N6S. The van der Waals surface area contributed by atoms with Gasteiger partial charge in [0.1, 0.15) is 10.8 Å². The highest BCUT2D eigenvalue weighted by Gasteiger charge is 2.35. The zero-order chi connectivity index (χ0) is 15.0. The van der Waals surface area contributed by atoms with Gasteiger partial charge in [-0.1, -0.05) is 6.07 Å². The third kappa shape index (κ3) is 2.75. The molecule has 0 atom stereocenters. The van der Waals surface area contributed by atoms with Crippen LogP contribution in [0.4, 0.5) is 19.0 Å². The van der Waals surface area contributed by atoms with Crippen molar-refractivity contribution >= 4 is 23.2 Å². The molecule has 6 nitrogen and oxygen atoms in total. The quantitative estimate of drug-likeness (QED) is 0.731. The van der Waals surface area contributed by atoms with Crippen molar-refractivity contribution in [2.24, 2.45) is 0 Å². The van der Waals surface area contributed by atoms with Gasteiger partial charge in [0.05, 0.1) is 0 Å². The molecular weight excluding hydrogens is 305 g/mol. The van der Waals surface area contributed by atoms with Gasteiger partial charge in [0.15, 0.2) is 5.65 Å². The maximum absolute atomic E-state index is 12.7. The molecule has 0 aliphatic rings. The first kappa shape index (κ1) is 13.6. The van der Waals surface area contributed by atoms with E-state index in [1.165, 1.54) is 6.07 Å². The second-order valence-corrected chi connectivity index (χ2v) is 4.95. The van der Waals surface area contributed by atoms with Gasteiger partial charge >= 0.3 is 6.18 Å². The first-order valence-electron chi connectivity index (χ1n) is 5.63. The van der Waals surface area contributed by atoms with Crippen LogP contribution >= 0.6 is 11.8 Å². The maximum Gasteiger partial charge on any atom is 0.451 e.